The number of benzene rings is 1. The van der Waals surface area contributed by atoms with Crippen LogP contribution in [0.1, 0.15) is 32.3 Å². The summed E-state index contributed by atoms with van der Waals surface area (Å²) in [6.45, 7) is 7.03. The molecule has 1 N–H and O–H groups in total. The normalized spacial score (nSPS) is 17.6. The molecule has 29 heavy (non-hydrogen) atoms. The first-order valence-electron chi connectivity index (χ1n) is 10.3. The number of carbonyl (C=O) groups excluding carboxylic acids is 2. The highest BCUT2D eigenvalue weighted by Gasteiger charge is 2.25. The molecular formula is C22H31N3O4. The maximum Gasteiger partial charge on any atom is 0.246 e. The van der Waals surface area contributed by atoms with E-state index in [2.05, 4.69) is 10.2 Å². The molecule has 0 radical (unpaired) electrons. The van der Waals surface area contributed by atoms with E-state index in [0.717, 1.165) is 18.4 Å². The number of nitrogens with one attached hydrogen (secondary N) is 1. The van der Waals surface area contributed by atoms with Crippen LogP contribution >= 0.6 is 0 Å². The largest absolute Gasteiger partial charge is 0.493 e. The molecule has 7 nitrogen and oxygen atoms in total. The van der Waals surface area contributed by atoms with E-state index < -0.39 is 0 Å². The van der Waals surface area contributed by atoms with Crippen molar-refractivity contribution >= 4 is 17.9 Å². The lowest BCUT2D eigenvalue weighted by atomic mass is 10.1. The van der Waals surface area contributed by atoms with Gasteiger partial charge in [-0.25, -0.2) is 0 Å². The second-order valence-electron chi connectivity index (χ2n) is 7.85. The molecule has 2 amide bonds. The van der Waals surface area contributed by atoms with Gasteiger partial charge in [0.05, 0.1) is 19.8 Å². The molecule has 0 atom stereocenters. The molecule has 3 rings (SSSR count). The third kappa shape index (κ3) is 6.49. The summed E-state index contributed by atoms with van der Waals surface area (Å²) in [4.78, 5) is 28.3. The summed E-state index contributed by atoms with van der Waals surface area (Å²) in [5.74, 6) is 1.40. The van der Waals surface area contributed by atoms with Crippen LogP contribution in [-0.4, -0.2) is 73.6 Å². The number of nitrogens with zero attached hydrogens (tertiary/aromatic N) is 2. The van der Waals surface area contributed by atoms with Gasteiger partial charge in [-0.3, -0.25) is 14.5 Å². The number of piperazine rings is 1. The average Bonchev–Trinajstić information content (AvgIpc) is 3.50. The van der Waals surface area contributed by atoms with Crippen LogP contribution in [-0.2, 0) is 9.59 Å². The SMILES string of the molecule is COc1cc(/C=C/C(=O)N2CCN(CC(=O)NC3CC3)CC2)ccc1OC(C)C. The molecule has 1 aromatic rings. The highest BCUT2D eigenvalue weighted by Crippen LogP contribution is 2.29. The van der Waals surface area contributed by atoms with Crippen molar-refractivity contribution in [2.24, 2.45) is 0 Å². The lowest BCUT2D eigenvalue weighted by Crippen LogP contribution is -2.51. The van der Waals surface area contributed by atoms with Gasteiger partial charge in [-0.2, -0.15) is 0 Å². The fourth-order valence-electron chi connectivity index (χ4n) is 3.24. The van der Waals surface area contributed by atoms with Crippen molar-refractivity contribution in [2.75, 3.05) is 39.8 Å². The molecular weight excluding hydrogens is 370 g/mol. The molecule has 0 bridgehead atoms. The molecule has 158 valence electrons. The van der Waals surface area contributed by atoms with Crippen LogP contribution in [0.15, 0.2) is 24.3 Å². The van der Waals surface area contributed by atoms with Crippen LogP contribution < -0.4 is 14.8 Å². The molecule has 7 heteroatoms. The van der Waals surface area contributed by atoms with Gasteiger partial charge in [0.1, 0.15) is 0 Å². The zero-order valence-electron chi connectivity index (χ0n) is 17.5. The van der Waals surface area contributed by atoms with Crippen molar-refractivity contribution in [1.29, 1.82) is 0 Å². The van der Waals surface area contributed by atoms with Gasteiger partial charge >= 0.3 is 0 Å². The Bertz CT molecular complexity index is 750. The highest BCUT2D eigenvalue weighted by atomic mass is 16.5. The zero-order valence-corrected chi connectivity index (χ0v) is 17.5. The molecule has 0 aromatic heterocycles. The number of rotatable bonds is 8. The van der Waals surface area contributed by atoms with Gasteiger partial charge in [0.25, 0.3) is 0 Å². The molecule has 0 unspecified atom stereocenters. The van der Waals surface area contributed by atoms with Gasteiger partial charge < -0.3 is 19.7 Å². The second-order valence-corrected chi connectivity index (χ2v) is 7.85. The molecule has 0 spiro atoms. The number of hydrogen-bond donors (Lipinski definition) is 1. The Hall–Kier alpha value is -2.54. The van der Waals surface area contributed by atoms with Gasteiger partial charge in [0.15, 0.2) is 11.5 Å². The maximum absolute atomic E-state index is 12.5. The molecule has 2 fully saturated rings. The summed E-state index contributed by atoms with van der Waals surface area (Å²) in [6.07, 6.45) is 5.64. The van der Waals surface area contributed by atoms with Crippen LogP contribution in [0.4, 0.5) is 0 Å². The molecule has 2 aliphatic rings. The predicted molar refractivity (Wildman–Crippen MR) is 112 cm³/mol. The third-order valence-electron chi connectivity index (χ3n) is 4.96. The van der Waals surface area contributed by atoms with E-state index in [9.17, 15) is 9.59 Å². The fraction of sp³-hybridized carbons (Fsp3) is 0.545. The molecule has 1 heterocycles. The highest BCUT2D eigenvalue weighted by molar-refractivity contribution is 5.92. The Balaban J connectivity index is 1.48. The van der Waals surface area contributed by atoms with E-state index in [4.69, 9.17) is 9.47 Å². The summed E-state index contributed by atoms with van der Waals surface area (Å²) < 4.78 is 11.1. The minimum atomic E-state index is -0.0199. The third-order valence-corrected chi connectivity index (χ3v) is 4.96. The van der Waals surface area contributed by atoms with Gasteiger partial charge in [-0.15, -0.1) is 0 Å². The first-order chi connectivity index (χ1) is 13.9. The molecule has 1 saturated carbocycles. The molecule has 1 aliphatic carbocycles. The van der Waals surface area contributed by atoms with Gasteiger partial charge in [-0.05, 0) is 50.5 Å². The van der Waals surface area contributed by atoms with E-state index >= 15 is 0 Å². The summed E-state index contributed by atoms with van der Waals surface area (Å²) in [5, 5.41) is 3.01. The number of carbonyl (C=O) groups is 2. The zero-order chi connectivity index (χ0) is 20.8. The van der Waals surface area contributed by atoms with Crippen molar-refractivity contribution in [2.45, 2.75) is 38.8 Å². The fourth-order valence-corrected chi connectivity index (χ4v) is 3.24. The Kier molecular flexibility index (Phi) is 7.14. The summed E-state index contributed by atoms with van der Waals surface area (Å²) in [5.41, 5.74) is 0.877. The first kappa shape index (κ1) is 21.2. The van der Waals surface area contributed by atoms with Gasteiger partial charge in [0.2, 0.25) is 11.8 Å². The van der Waals surface area contributed by atoms with Crippen LogP contribution in [0.25, 0.3) is 6.08 Å². The minimum absolute atomic E-state index is 0.0199. The van der Waals surface area contributed by atoms with Crippen molar-refractivity contribution in [3.8, 4) is 11.5 Å². The van der Waals surface area contributed by atoms with Crippen molar-refractivity contribution in [1.82, 2.24) is 15.1 Å². The Labute approximate surface area is 172 Å². The summed E-state index contributed by atoms with van der Waals surface area (Å²) >= 11 is 0. The Morgan fingerprint density at radius 1 is 1.17 bits per heavy atom. The topological polar surface area (TPSA) is 71.1 Å². The van der Waals surface area contributed by atoms with Gasteiger partial charge in [-0.1, -0.05) is 6.07 Å². The average molecular weight is 402 g/mol. The van der Waals surface area contributed by atoms with E-state index in [1.807, 2.05) is 36.9 Å². The number of ether oxygens (including phenoxy) is 2. The number of hydrogen-bond acceptors (Lipinski definition) is 5. The molecule has 1 aliphatic heterocycles. The van der Waals surface area contributed by atoms with Crippen LogP contribution in [0.2, 0.25) is 0 Å². The Morgan fingerprint density at radius 2 is 1.90 bits per heavy atom. The van der Waals surface area contributed by atoms with Crippen LogP contribution in [0.3, 0.4) is 0 Å². The van der Waals surface area contributed by atoms with Crippen LogP contribution in [0.5, 0.6) is 11.5 Å². The number of amides is 2. The smallest absolute Gasteiger partial charge is 0.246 e. The maximum atomic E-state index is 12.5. The second kappa shape index (κ2) is 9.78. The molecule has 1 saturated heterocycles. The van der Waals surface area contributed by atoms with E-state index in [0.29, 0.717) is 50.3 Å². The van der Waals surface area contributed by atoms with Crippen molar-refractivity contribution in [3.63, 3.8) is 0 Å². The van der Waals surface area contributed by atoms with E-state index in [1.54, 1.807) is 19.3 Å². The van der Waals surface area contributed by atoms with Gasteiger partial charge in [0, 0.05) is 38.3 Å². The molecule has 1 aromatic carbocycles. The summed E-state index contributed by atoms with van der Waals surface area (Å²) in [6, 6.07) is 6.01. The van der Waals surface area contributed by atoms with Crippen molar-refractivity contribution < 1.29 is 19.1 Å². The lowest BCUT2D eigenvalue weighted by Gasteiger charge is -2.33. The van der Waals surface area contributed by atoms with Crippen molar-refractivity contribution in [3.05, 3.63) is 29.8 Å². The monoisotopic (exact) mass is 401 g/mol. The lowest BCUT2D eigenvalue weighted by molar-refractivity contribution is -0.128. The number of methoxy groups -OCH3 is 1. The standard InChI is InChI=1S/C22H31N3O4/c1-16(2)29-19-8-4-17(14-20(19)28-3)5-9-22(27)25-12-10-24(11-13-25)15-21(26)23-18-6-7-18/h4-5,8-9,14,16,18H,6-7,10-13,15H2,1-3H3,(H,23,26)/b9-5+. The van der Waals surface area contributed by atoms with E-state index in [-0.39, 0.29) is 17.9 Å². The van der Waals surface area contributed by atoms with Crippen LogP contribution in [0, 0.1) is 0 Å². The predicted octanol–water partition coefficient (Wildman–Crippen LogP) is 1.92. The quantitative estimate of drug-likeness (QED) is 0.674. The summed E-state index contributed by atoms with van der Waals surface area (Å²) in [7, 11) is 1.60. The first-order valence-corrected chi connectivity index (χ1v) is 10.3. The Morgan fingerprint density at radius 3 is 2.52 bits per heavy atom. The van der Waals surface area contributed by atoms with E-state index in [1.165, 1.54) is 0 Å². The minimum Gasteiger partial charge on any atom is -0.493 e.